The quantitative estimate of drug-likeness (QED) is 0.793. The molecule has 104 valence electrons. The number of urea groups is 1. The number of halogens is 1. The Morgan fingerprint density at radius 2 is 2.00 bits per heavy atom. The maximum Gasteiger partial charge on any atom is 0.337 e. The third-order valence-electron chi connectivity index (χ3n) is 2.79. The van der Waals surface area contributed by atoms with Crippen LogP contribution in [0.25, 0.3) is 0 Å². The van der Waals surface area contributed by atoms with E-state index in [4.69, 9.17) is 16.7 Å². The van der Waals surface area contributed by atoms with Crippen molar-refractivity contribution in [1.82, 2.24) is 5.32 Å². The van der Waals surface area contributed by atoms with Crippen molar-refractivity contribution in [2.24, 2.45) is 0 Å². The predicted octanol–water partition coefficient (Wildman–Crippen LogP) is 3.35. The number of carbonyl (C=O) groups is 2. The van der Waals surface area contributed by atoms with Gasteiger partial charge in [-0.3, -0.25) is 0 Å². The molecule has 1 aromatic carbocycles. The van der Waals surface area contributed by atoms with Gasteiger partial charge >= 0.3 is 12.0 Å². The van der Waals surface area contributed by atoms with Crippen LogP contribution in [0, 0.1) is 0 Å². The second-order valence-corrected chi connectivity index (χ2v) is 5.22. The average molecular weight is 285 g/mol. The molecule has 0 fully saturated rings. The van der Waals surface area contributed by atoms with Crippen molar-refractivity contribution in [1.29, 1.82) is 0 Å². The SMILES string of the molecule is CCC(C)(C)NC(=O)Nc1ccc(C(=O)O)c(Cl)c1. The van der Waals surface area contributed by atoms with Crippen molar-refractivity contribution < 1.29 is 14.7 Å². The first-order valence-electron chi connectivity index (χ1n) is 5.87. The Labute approximate surface area is 117 Å². The molecule has 6 heteroatoms. The van der Waals surface area contributed by atoms with E-state index in [2.05, 4.69) is 10.6 Å². The average Bonchev–Trinajstić information content (AvgIpc) is 2.27. The number of carboxylic acid groups (broad SMARTS) is 1. The van der Waals surface area contributed by atoms with Gasteiger partial charge in [-0.15, -0.1) is 0 Å². The molecule has 0 aliphatic heterocycles. The number of benzene rings is 1. The third-order valence-corrected chi connectivity index (χ3v) is 3.11. The smallest absolute Gasteiger partial charge is 0.337 e. The van der Waals surface area contributed by atoms with Crippen LogP contribution in [0.3, 0.4) is 0 Å². The number of amides is 2. The van der Waals surface area contributed by atoms with E-state index in [0.717, 1.165) is 6.42 Å². The number of hydrogen-bond donors (Lipinski definition) is 3. The molecule has 3 N–H and O–H groups in total. The first-order valence-corrected chi connectivity index (χ1v) is 6.25. The van der Waals surface area contributed by atoms with Gasteiger partial charge < -0.3 is 15.7 Å². The molecule has 0 spiro atoms. The minimum absolute atomic E-state index is 0.00140. The van der Waals surface area contributed by atoms with E-state index in [9.17, 15) is 9.59 Å². The molecule has 0 aliphatic carbocycles. The molecule has 0 saturated carbocycles. The van der Waals surface area contributed by atoms with Crippen molar-refractivity contribution in [2.45, 2.75) is 32.7 Å². The molecular weight excluding hydrogens is 268 g/mol. The van der Waals surface area contributed by atoms with E-state index in [1.807, 2.05) is 20.8 Å². The van der Waals surface area contributed by atoms with E-state index in [1.54, 1.807) is 0 Å². The van der Waals surface area contributed by atoms with Gasteiger partial charge in [0.25, 0.3) is 0 Å². The highest BCUT2D eigenvalue weighted by atomic mass is 35.5. The molecule has 0 aliphatic rings. The fraction of sp³-hybridized carbons (Fsp3) is 0.385. The zero-order valence-electron chi connectivity index (χ0n) is 11.1. The van der Waals surface area contributed by atoms with Crippen molar-refractivity contribution in [3.8, 4) is 0 Å². The van der Waals surface area contributed by atoms with Crippen LogP contribution in [0.4, 0.5) is 10.5 Å². The van der Waals surface area contributed by atoms with Crippen molar-refractivity contribution in [3.05, 3.63) is 28.8 Å². The maximum absolute atomic E-state index is 11.7. The minimum atomic E-state index is -1.10. The van der Waals surface area contributed by atoms with Gasteiger partial charge in [-0.05, 0) is 38.5 Å². The number of hydrogen-bond acceptors (Lipinski definition) is 2. The number of anilines is 1. The summed E-state index contributed by atoms with van der Waals surface area (Å²) < 4.78 is 0. The summed E-state index contributed by atoms with van der Waals surface area (Å²) >= 11 is 5.82. The summed E-state index contributed by atoms with van der Waals surface area (Å²) in [6.45, 7) is 5.79. The van der Waals surface area contributed by atoms with Crippen molar-refractivity contribution in [2.75, 3.05) is 5.32 Å². The van der Waals surface area contributed by atoms with E-state index < -0.39 is 5.97 Å². The van der Waals surface area contributed by atoms with Gasteiger partial charge in [-0.1, -0.05) is 18.5 Å². The highest BCUT2D eigenvalue weighted by Crippen LogP contribution is 2.21. The van der Waals surface area contributed by atoms with E-state index in [-0.39, 0.29) is 22.2 Å². The van der Waals surface area contributed by atoms with Crippen molar-refractivity contribution >= 4 is 29.3 Å². The van der Waals surface area contributed by atoms with Gasteiger partial charge in [-0.25, -0.2) is 9.59 Å². The summed E-state index contributed by atoms with van der Waals surface area (Å²) in [7, 11) is 0. The van der Waals surface area contributed by atoms with Crippen LogP contribution in [0.1, 0.15) is 37.6 Å². The molecule has 0 atom stereocenters. The Morgan fingerprint density at radius 1 is 1.37 bits per heavy atom. The number of nitrogens with one attached hydrogen (secondary N) is 2. The highest BCUT2D eigenvalue weighted by molar-refractivity contribution is 6.33. The standard InChI is InChI=1S/C13H17ClN2O3/c1-4-13(2,3)16-12(19)15-8-5-6-9(11(17)18)10(14)7-8/h5-7H,4H2,1-3H3,(H,17,18)(H2,15,16,19). The molecule has 5 nitrogen and oxygen atoms in total. The van der Waals surface area contributed by atoms with Gasteiger partial charge in [0.15, 0.2) is 0 Å². The lowest BCUT2D eigenvalue weighted by Crippen LogP contribution is -2.45. The Balaban J connectivity index is 2.76. The van der Waals surface area contributed by atoms with E-state index in [0.29, 0.717) is 5.69 Å². The summed E-state index contributed by atoms with van der Waals surface area (Å²) in [5, 5.41) is 14.3. The minimum Gasteiger partial charge on any atom is -0.478 e. The van der Waals surface area contributed by atoms with Crippen LogP contribution in [0.5, 0.6) is 0 Å². The molecule has 0 bridgehead atoms. The second kappa shape index (κ2) is 5.93. The van der Waals surface area contributed by atoms with Crippen LogP contribution in [-0.2, 0) is 0 Å². The molecule has 1 rings (SSSR count). The predicted molar refractivity (Wildman–Crippen MR) is 74.9 cm³/mol. The summed E-state index contributed by atoms with van der Waals surface area (Å²) in [5.41, 5.74) is 0.135. The molecule has 0 saturated heterocycles. The monoisotopic (exact) mass is 284 g/mol. The number of rotatable bonds is 4. The van der Waals surface area contributed by atoms with E-state index in [1.165, 1.54) is 18.2 Å². The fourth-order valence-corrected chi connectivity index (χ4v) is 1.59. The van der Waals surface area contributed by atoms with Gasteiger partial charge in [0, 0.05) is 11.2 Å². The maximum atomic E-state index is 11.7. The Bertz CT molecular complexity index is 501. The zero-order valence-corrected chi connectivity index (χ0v) is 11.8. The highest BCUT2D eigenvalue weighted by Gasteiger charge is 2.18. The number of aromatic carboxylic acids is 1. The lowest BCUT2D eigenvalue weighted by atomic mass is 10.0. The first kappa shape index (κ1) is 15.3. The third kappa shape index (κ3) is 4.44. The molecule has 2 amide bonds. The summed E-state index contributed by atoms with van der Waals surface area (Å²) in [5.74, 6) is -1.10. The Kier molecular flexibility index (Phi) is 4.78. The topological polar surface area (TPSA) is 78.4 Å². The van der Waals surface area contributed by atoms with Gasteiger partial charge in [0.2, 0.25) is 0 Å². The largest absolute Gasteiger partial charge is 0.478 e. The van der Waals surface area contributed by atoms with Crippen LogP contribution in [0.15, 0.2) is 18.2 Å². The van der Waals surface area contributed by atoms with Crippen LogP contribution in [-0.4, -0.2) is 22.6 Å². The Morgan fingerprint density at radius 3 is 2.47 bits per heavy atom. The summed E-state index contributed by atoms with van der Waals surface area (Å²) in [6, 6.07) is 3.90. The molecule has 0 unspecified atom stereocenters. The Hall–Kier alpha value is -1.75. The lowest BCUT2D eigenvalue weighted by molar-refractivity contribution is 0.0697. The van der Waals surface area contributed by atoms with Gasteiger partial charge in [0.1, 0.15) is 0 Å². The molecule has 1 aromatic rings. The van der Waals surface area contributed by atoms with Crippen LogP contribution in [0.2, 0.25) is 5.02 Å². The van der Waals surface area contributed by atoms with Gasteiger partial charge in [-0.2, -0.15) is 0 Å². The molecule has 0 heterocycles. The van der Waals surface area contributed by atoms with Gasteiger partial charge in [0.05, 0.1) is 10.6 Å². The second-order valence-electron chi connectivity index (χ2n) is 4.82. The van der Waals surface area contributed by atoms with Crippen LogP contribution >= 0.6 is 11.6 Å². The molecular formula is C13H17ClN2O3. The normalized spacial score (nSPS) is 10.9. The first-order chi connectivity index (χ1) is 8.75. The van der Waals surface area contributed by atoms with E-state index >= 15 is 0 Å². The molecule has 19 heavy (non-hydrogen) atoms. The lowest BCUT2D eigenvalue weighted by Gasteiger charge is -2.24. The summed E-state index contributed by atoms with van der Waals surface area (Å²) in [6.07, 6.45) is 0.791. The summed E-state index contributed by atoms with van der Waals surface area (Å²) in [4.78, 5) is 22.5. The number of carboxylic acids is 1. The fourth-order valence-electron chi connectivity index (χ4n) is 1.32. The number of carbonyl (C=O) groups excluding carboxylic acids is 1. The molecule has 0 aromatic heterocycles. The van der Waals surface area contributed by atoms with Crippen molar-refractivity contribution in [3.63, 3.8) is 0 Å². The zero-order chi connectivity index (χ0) is 14.6. The molecule has 0 radical (unpaired) electrons. The van der Waals surface area contributed by atoms with Crippen LogP contribution < -0.4 is 10.6 Å².